The van der Waals surface area contributed by atoms with Gasteiger partial charge in [0.25, 0.3) is 0 Å². The van der Waals surface area contributed by atoms with Crippen molar-refractivity contribution in [2.75, 3.05) is 26.4 Å². The second-order valence-electron chi connectivity index (χ2n) is 15.9. The van der Waals surface area contributed by atoms with E-state index in [1.807, 2.05) is 0 Å². The lowest BCUT2D eigenvalue weighted by Gasteiger charge is -2.20. The van der Waals surface area contributed by atoms with E-state index in [-0.39, 0.29) is 13.0 Å². The molecular formula is C47H88NO9P. The number of carbonyl (C=O) groups is 2. The van der Waals surface area contributed by atoms with Crippen LogP contribution >= 0.6 is 7.82 Å². The molecule has 340 valence electrons. The summed E-state index contributed by atoms with van der Waals surface area (Å²) in [7, 11) is -4.62. The summed E-state index contributed by atoms with van der Waals surface area (Å²) in [5.41, 5.74) is 5.36. The minimum atomic E-state index is -4.62. The van der Waals surface area contributed by atoms with E-state index in [0.717, 1.165) is 64.2 Å². The Morgan fingerprint density at radius 1 is 0.552 bits per heavy atom. The maximum Gasteiger partial charge on any atom is 0.472 e. The van der Waals surface area contributed by atoms with Gasteiger partial charge >= 0.3 is 19.8 Å². The van der Waals surface area contributed by atoms with Gasteiger partial charge in [0, 0.05) is 13.0 Å². The maximum absolute atomic E-state index is 12.6. The van der Waals surface area contributed by atoms with Crippen LogP contribution in [0.2, 0.25) is 0 Å². The van der Waals surface area contributed by atoms with Gasteiger partial charge in [-0.3, -0.25) is 18.6 Å². The highest BCUT2D eigenvalue weighted by Crippen LogP contribution is 2.43. The van der Waals surface area contributed by atoms with E-state index in [0.29, 0.717) is 13.0 Å². The van der Waals surface area contributed by atoms with Gasteiger partial charge in [0.2, 0.25) is 0 Å². The topological polar surface area (TPSA) is 155 Å². The quantitative estimate of drug-likeness (QED) is 0.0233. The van der Waals surface area contributed by atoms with E-state index < -0.39 is 45.1 Å². The Balaban J connectivity index is 4.09. The van der Waals surface area contributed by atoms with Crippen LogP contribution in [0.3, 0.4) is 0 Å². The van der Waals surface area contributed by atoms with Gasteiger partial charge in [-0.05, 0) is 70.6 Å². The number of hydrogen-bond acceptors (Lipinski definition) is 8. The molecule has 0 amide bonds. The number of esters is 1. The summed E-state index contributed by atoms with van der Waals surface area (Å²) in [5, 5.41) is 8.90. The van der Waals surface area contributed by atoms with Gasteiger partial charge in [0.05, 0.1) is 19.8 Å². The minimum Gasteiger partial charge on any atom is -0.480 e. The normalized spacial score (nSPS) is 14.1. The molecule has 0 spiro atoms. The molecule has 0 aromatic carbocycles. The smallest absolute Gasteiger partial charge is 0.472 e. The molecule has 0 rings (SSSR count). The van der Waals surface area contributed by atoms with Crippen LogP contribution in [-0.2, 0) is 32.7 Å². The molecule has 0 saturated heterocycles. The second kappa shape index (κ2) is 43.3. The number of nitrogens with two attached hydrogens (primary N) is 1. The summed E-state index contributed by atoms with van der Waals surface area (Å²) in [6.45, 7) is 3.84. The van der Waals surface area contributed by atoms with Crippen LogP contribution in [0.1, 0.15) is 213 Å². The lowest BCUT2D eigenvalue weighted by molar-refractivity contribution is -0.154. The predicted molar refractivity (Wildman–Crippen MR) is 240 cm³/mol. The number of carbonyl (C=O) groups excluding carboxylic acids is 1. The average molecular weight is 842 g/mol. The zero-order chi connectivity index (χ0) is 42.6. The zero-order valence-electron chi connectivity index (χ0n) is 37.1. The first-order valence-electron chi connectivity index (χ1n) is 23.5. The molecule has 0 bridgehead atoms. The largest absolute Gasteiger partial charge is 0.480 e. The fourth-order valence-corrected chi connectivity index (χ4v) is 7.23. The molecule has 0 heterocycles. The highest BCUT2D eigenvalue weighted by molar-refractivity contribution is 7.47. The van der Waals surface area contributed by atoms with Crippen molar-refractivity contribution in [3.05, 3.63) is 36.5 Å². The third-order valence-corrected chi connectivity index (χ3v) is 11.1. The third-order valence-electron chi connectivity index (χ3n) is 10.1. The van der Waals surface area contributed by atoms with E-state index >= 15 is 0 Å². The van der Waals surface area contributed by atoms with Crippen LogP contribution in [0.5, 0.6) is 0 Å². The number of aliphatic carboxylic acids is 1. The predicted octanol–water partition coefficient (Wildman–Crippen LogP) is 13.3. The summed E-state index contributed by atoms with van der Waals surface area (Å²) in [6.07, 6.45) is 49.2. The molecular weight excluding hydrogens is 753 g/mol. The Hall–Kier alpha value is -1.81. The second-order valence-corrected chi connectivity index (χ2v) is 17.3. The number of carboxylic acid groups (broad SMARTS) is 1. The van der Waals surface area contributed by atoms with Gasteiger partial charge in [-0.1, -0.05) is 172 Å². The number of unbranched alkanes of at least 4 members (excludes halogenated alkanes) is 25. The van der Waals surface area contributed by atoms with E-state index in [4.69, 9.17) is 29.4 Å². The van der Waals surface area contributed by atoms with Gasteiger partial charge in [0.15, 0.2) is 0 Å². The number of allylic oxidation sites excluding steroid dienone is 6. The van der Waals surface area contributed by atoms with Crippen molar-refractivity contribution in [2.24, 2.45) is 5.73 Å². The number of phosphoric ester groups is 1. The number of carboxylic acids is 1. The van der Waals surface area contributed by atoms with E-state index in [2.05, 4.69) is 50.3 Å². The van der Waals surface area contributed by atoms with Crippen LogP contribution in [0.25, 0.3) is 0 Å². The molecule has 0 radical (unpaired) electrons. The van der Waals surface area contributed by atoms with Gasteiger partial charge in [0.1, 0.15) is 12.1 Å². The molecule has 0 aromatic heterocycles. The van der Waals surface area contributed by atoms with E-state index in [9.17, 15) is 19.0 Å². The lowest BCUT2D eigenvalue weighted by atomic mass is 10.0. The molecule has 0 aliphatic carbocycles. The van der Waals surface area contributed by atoms with Crippen molar-refractivity contribution < 1.29 is 42.7 Å². The molecule has 11 heteroatoms. The van der Waals surface area contributed by atoms with Crippen molar-refractivity contribution in [3.63, 3.8) is 0 Å². The van der Waals surface area contributed by atoms with E-state index in [1.54, 1.807) is 0 Å². The van der Waals surface area contributed by atoms with Crippen LogP contribution in [0.4, 0.5) is 0 Å². The Morgan fingerprint density at radius 3 is 1.45 bits per heavy atom. The fourth-order valence-electron chi connectivity index (χ4n) is 6.45. The van der Waals surface area contributed by atoms with Crippen molar-refractivity contribution in [1.29, 1.82) is 0 Å². The summed E-state index contributed by atoms with van der Waals surface area (Å²) in [4.78, 5) is 33.5. The first-order chi connectivity index (χ1) is 28.2. The summed E-state index contributed by atoms with van der Waals surface area (Å²) in [5.74, 6) is -1.79. The van der Waals surface area contributed by atoms with Crippen molar-refractivity contribution in [2.45, 2.75) is 225 Å². The van der Waals surface area contributed by atoms with Crippen molar-refractivity contribution in [1.82, 2.24) is 0 Å². The maximum atomic E-state index is 12.6. The minimum absolute atomic E-state index is 0.0139. The molecule has 0 aromatic rings. The number of phosphoric acid groups is 1. The van der Waals surface area contributed by atoms with Gasteiger partial charge < -0.3 is 25.2 Å². The molecule has 3 atom stereocenters. The molecule has 3 unspecified atom stereocenters. The van der Waals surface area contributed by atoms with Crippen molar-refractivity contribution >= 4 is 19.8 Å². The molecule has 0 aliphatic heterocycles. The van der Waals surface area contributed by atoms with Crippen LogP contribution in [-0.4, -0.2) is 60.5 Å². The molecule has 4 N–H and O–H groups in total. The number of rotatable bonds is 45. The zero-order valence-corrected chi connectivity index (χ0v) is 38.0. The fraction of sp³-hybridized carbons (Fsp3) is 0.830. The van der Waals surface area contributed by atoms with Crippen LogP contribution < -0.4 is 5.73 Å². The Kier molecular flexibility index (Phi) is 41.9. The summed E-state index contributed by atoms with van der Waals surface area (Å²) < 4.78 is 33.4. The summed E-state index contributed by atoms with van der Waals surface area (Å²) >= 11 is 0. The first-order valence-corrected chi connectivity index (χ1v) is 25.0. The molecule has 58 heavy (non-hydrogen) atoms. The van der Waals surface area contributed by atoms with E-state index in [1.165, 1.54) is 122 Å². The molecule has 10 nitrogen and oxygen atoms in total. The van der Waals surface area contributed by atoms with Crippen LogP contribution in [0.15, 0.2) is 36.5 Å². The molecule has 0 fully saturated rings. The number of ether oxygens (including phenoxy) is 2. The summed E-state index contributed by atoms with van der Waals surface area (Å²) in [6, 6.07) is -1.47. The lowest BCUT2D eigenvalue weighted by Crippen LogP contribution is -2.34. The highest BCUT2D eigenvalue weighted by atomic mass is 31.2. The molecule has 0 aliphatic rings. The Labute approximate surface area is 355 Å². The molecule has 0 saturated carbocycles. The third kappa shape index (κ3) is 42.3. The SMILES string of the molecule is CCCCC/C=C\CCCCCCCC(=O)OC(COCCCCCCCCCCCCCC/C=C\C/C=C\CCCCCCC)COP(=O)(O)OCC(N)C(=O)O. The Morgan fingerprint density at radius 2 is 0.948 bits per heavy atom. The van der Waals surface area contributed by atoms with Crippen LogP contribution in [0, 0.1) is 0 Å². The highest BCUT2D eigenvalue weighted by Gasteiger charge is 2.27. The van der Waals surface area contributed by atoms with Gasteiger partial charge in [-0.25, -0.2) is 4.57 Å². The monoisotopic (exact) mass is 842 g/mol. The van der Waals surface area contributed by atoms with Gasteiger partial charge in [-0.2, -0.15) is 0 Å². The average Bonchev–Trinajstić information content (AvgIpc) is 3.20. The number of hydrogen-bond donors (Lipinski definition) is 3. The first kappa shape index (κ1) is 56.2. The standard InChI is InChI=1S/C47H88NO9P/c1-3-5-7-9-11-13-15-17-18-19-20-21-22-23-24-25-26-27-28-30-32-34-36-38-40-54-41-44(42-55-58(52,53)56-43-45(48)47(50)51)57-46(49)39-37-35-33-31-29-16-14-12-10-8-6-4-2/h12,14-15,17,19-20,44-45H,3-11,13,16,18,21-43,48H2,1-2H3,(H,50,51)(H,52,53)/b14-12-,17-15-,20-19-. The van der Waals surface area contributed by atoms with Crippen molar-refractivity contribution in [3.8, 4) is 0 Å². The Bertz CT molecular complexity index is 1070. The van der Waals surface area contributed by atoms with Gasteiger partial charge in [-0.15, -0.1) is 0 Å².